The smallest absolute Gasteiger partial charge is 0.120 e. The van der Waals surface area contributed by atoms with Crippen molar-refractivity contribution in [3.05, 3.63) is 35.4 Å². The van der Waals surface area contributed by atoms with Crippen LogP contribution in [0.2, 0.25) is 0 Å². The molecule has 0 aliphatic rings. The third kappa shape index (κ3) is 2.41. The lowest BCUT2D eigenvalue weighted by Gasteiger charge is -2.06. The molecule has 0 fully saturated rings. The van der Waals surface area contributed by atoms with E-state index >= 15 is 0 Å². The van der Waals surface area contributed by atoms with E-state index in [0.717, 1.165) is 11.8 Å². The van der Waals surface area contributed by atoms with Crippen molar-refractivity contribution in [1.29, 1.82) is 5.26 Å². The first-order valence-electron chi connectivity index (χ1n) is 4.21. The molecule has 2 nitrogen and oxygen atoms in total. The zero-order chi connectivity index (χ0) is 9.68. The first-order valence-corrected chi connectivity index (χ1v) is 4.21. The fourth-order valence-electron chi connectivity index (χ4n) is 1.17. The van der Waals surface area contributed by atoms with Crippen LogP contribution >= 0.6 is 0 Å². The Morgan fingerprint density at radius 3 is 2.54 bits per heavy atom. The predicted molar refractivity (Wildman–Crippen MR) is 50.3 cm³/mol. The molecule has 0 spiro atoms. The fourth-order valence-corrected chi connectivity index (χ4v) is 1.17. The molecule has 1 rings (SSSR count). The summed E-state index contributed by atoms with van der Waals surface area (Å²) in [4.78, 5) is 10.3. The largest absolute Gasteiger partial charge is 0.303 e. The van der Waals surface area contributed by atoms with Crippen molar-refractivity contribution in [2.24, 2.45) is 0 Å². The van der Waals surface area contributed by atoms with Gasteiger partial charge in [-0.15, -0.1) is 0 Å². The van der Waals surface area contributed by atoms with E-state index < -0.39 is 0 Å². The van der Waals surface area contributed by atoms with Crippen molar-refractivity contribution in [3.8, 4) is 6.07 Å². The number of rotatable bonds is 3. The summed E-state index contributed by atoms with van der Waals surface area (Å²) in [7, 11) is 0. The molecule has 0 aliphatic carbocycles. The quantitative estimate of drug-likeness (QED) is 0.658. The summed E-state index contributed by atoms with van der Waals surface area (Å²) in [5.41, 5.74) is 1.76. The molecule has 13 heavy (non-hydrogen) atoms. The number of nitrogens with zero attached hydrogens (tertiary/aromatic N) is 1. The van der Waals surface area contributed by atoms with Gasteiger partial charge in [-0.3, -0.25) is 0 Å². The van der Waals surface area contributed by atoms with Crippen molar-refractivity contribution in [2.75, 3.05) is 0 Å². The topological polar surface area (TPSA) is 40.9 Å². The van der Waals surface area contributed by atoms with Crippen LogP contribution in [-0.2, 0) is 4.79 Å². The molecule has 0 saturated carbocycles. The molecule has 66 valence electrons. The van der Waals surface area contributed by atoms with Gasteiger partial charge < -0.3 is 4.79 Å². The van der Waals surface area contributed by atoms with E-state index in [1.165, 1.54) is 0 Å². The highest BCUT2D eigenvalue weighted by Crippen LogP contribution is 2.17. The minimum absolute atomic E-state index is 0.241. The Kier molecular flexibility index (Phi) is 3.22. The van der Waals surface area contributed by atoms with E-state index in [0.29, 0.717) is 12.0 Å². The van der Waals surface area contributed by atoms with Crippen LogP contribution in [0.1, 0.15) is 30.4 Å². The molecule has 0 aliphatic heterocycles. The second-order valence-electron chi connectivity index (χ2n) is 3.04. The number of carbonyl (C=O) groups is 1. The van der Waals surface area contributed by atoms with Gasteiger partial charge in [0, 0.05) is 6.42 Å². The van der Waals surface area contributed by atoms with Crippen LogP contribution in [-0.4, -0.2) is 6.29 Å². The second kappa shape index (κ2) is 4.42. The summed E-state index contributed by atoms with van der Waals surface area (Å²) in [6.45, 7) is 2.00. The Morgan fingerprint density at radius 1 is 1.46 bits per heavy atom. The van der Waals surface area contributed by atoms with Gasteiger partial charge in [-0.05, 0) is 23.6 Å². The average molecular weight is 173 g/mol. The zero-order valence-electron chi connectivity index (χ0n) is 7.53. The minimum atomic E-state index is 0.241. The van der Waals surface area contributed by atoms with Gasteiger partial charge in [-0.25, -0.2) is 0 Å². The second-order valence-corrected chi connectivity index (χ2v) is 3.04. The van der Waals surface area contributed by atoms with E-state index in [9.17, 15) is 4.79 Å². The van der Waals surface area contributed by atoms with Crippen molar-refractivity contribution >= 4 is 6.29 Å². The summed E-state index contributed by atoms with van der Waals surface area (Å²) < 4.78 is 0. The maximum atomic E-state index is 10.3. The molecule has 0 amide bonds. The minimum Gasteiger partial charge on any atom is -0.303 e. The van der Waals surface area contributed by atoms with Gasteiger partial charge in [0.15, 0.2) is 0 Å². The lowest BCUT2D eigenvalue weighted by Crippen LogP contribution is -1.93. The summed E-state index contributed by atoms with van der Waals surface area (Å²) >= 11 is 0. The van der Waals surface area contributed by atoms with Crippen LogP contribution in [0, 0.1) is 11.3 Å². The van der Waals surface area contributed by atoms with Crippen molar-refractivity contribution in [1.82, 2.24) is 0 Å². The molecular weight excluding hydrogens is 162 g/mol. The first kappa shape index (κ1) is 9.47. The van der Waals surface area contributed by atoms with Crippen molar-refractivity contribution in [2.45, 2.75) is 19.3 Å². The van der Waals surface area contributed by atoms with Crippen LogP contribution in [0.4, 0.5) is 0 Å². The maximum Gasteiger partial charge on any atom is 0.120 e. The van der Waals surface area contributed by atoms with Gasteiger partial charge in [-0.2, -0.15) is 5.26 Å². The molecule has 0 heterocycles. The molecule has 1 aromatic carbocycles. The Bertz CT molecular complexity index is 321. The molecule has 0 aromatic heterocycles. The predicted octanol–water partition coefficient (Wildman–Crippen LogP) is 2.25. The molecule has 0 radical (unpaired) electrons. The number of carbonyl (C=O) groups excluding carboxylic acids is 1. The van der Waals surface area contributed by atoms with Crippen LogP contribution in [0.5, 0.6) is 0 Å². The SMILES string of the molecule is CC(CC=O)c1ccc(C#N)cc1. The van der Waals surface area contributed by atoms with Crippen LogP contribution in [0.15, 0.2) is 24.3 Å². The van der Waals surface area contributed by atoms with Gasteiger partial charge in [0.2, 0.25) is 0 Å². The number of nitriles is 1. The Balaban J connectivity index is 2.80. The highest BCUT2D eigenvalue weighted by atomic mass is 16.1. The monoisotopic (exact) mass is 173 g/mol. The molecule has 0 bridgehead atoms. The molecule has 1 unspecified atom stereocenters. The van der Waals surface area contributed by atoms with Gasteiger partial charge in [0.1, 0.15) is 6.29 Å². The van der Waals surface area contributed by atoms with E-state index in [2.05, 4.69) is 6.07 Å². The number of hydrogen-bond acceptors (Lipinski definition) is 2. The molecule has 0 N–H and O–H groups in total. The Hall–Kier alpha value is -1.62. The molecular formula is C11H11NO. The Labute approximate surface area is 77.8 Å². The summed E-state index contributed by atoms with van der Waals surface area (Å²) in [5.74, 6) is 0.241. The lowest BCUT2D eigenvalue weighted by atomic mass is 9.98. The van der Waals surface area contributed by atoms with Gasteiger partial charge in [-0.1, -0.05) is 19.1 Å². The number of benzene rings is 1. The van der Waals surface area contributed by atoms with Crippen LogP contribution < -0.4 is 0 Å². The molecule has 2 heteroatoms. The average Bonchev–Trinajstić information content (AvgIpc) is 2.18. The van der Waals surface area contributed by atoms with E-state index in [1.807, 2.05) is 19.1 Å². The highest BCUT2D eigenvalue weighted by Gasteiger charge is 2.03. The zero-order valence-corrected chi connectivity index (χ0v) is 7.53. The normalized spacial score (nSPS) is 11.7. The Morgan fingerprint density at radius 2 is 2.08 bits per heavy atom. The van der Waals surface area contributed by atoms with Gasteiger partial charge >= 0.3 is 0 Å². The molecule has 0 saturated heterocycles. The molecule has 1 aromatic rings. The first-order chi connectivity index (χ1) is 6.27. The van der Waals surface area contributed by atoms with E-state index in [4.69, 9.17) is 5.26 Å². The lowest BCUT2D eigenvalue weighted by molar-refractivity contribution is -0.108. The third-order valence-electron chi connectivity index (χ3n) is 2.06. The van der Waals surface area contributed by atoms with Crippen LogP contribution in [0.25, 0.3) is 0 Å². The third-order valence-corrected chi connectivity index (χ3v) is 2.06. The van der Waals surface area contributed by atoms with E-state index in [-0.39, 0.29) is 5.92 Å². The van der Waals surface area contributed by atoms with E-state index in [1.54, 1.807) is 12.1 Å². The fraction of sp³-hybridized carbons (Fsp3) is 0.273. The summed E-state index contributed by atoms with van der Waals surface area (Å²) in [6.07, 6.45) is 1.45. The summed E-state index contributed by atoms with van der Waals surface area (Å²) in [5, 5.41) is 8.56. The van der Waals surface area contributed by atoms with Crippen LogP contribution in [0.3, 0.4) is 0 Å². The highest BCUT2D eigenvalue weighted by molar-refractivity contribution is 5.51. The van der Waals surface area contributed by atoms with Gasteiger partial charge in [0.05, 0.1) is 11.6 Å². The van der Waals surface area contributed by atoms with Crippen molar-refractivity contribution in [3.63, 3.8) is 0 Å². The standard InChI is InChI=1S/C11H11NO/c1-9(6-7-13)11-4-2-10(8-12)3-5-11/h2-5,7,9H,6H2,1H3. The number of hydrogen-bond donors (Lipinski definition) is 0. The molecule has 1 atom stereocenters. The summed E-state index contributed by atoms with van der Waals surface area (Å²) in [6, 6.07) is 9.40. The number of aldehydes is 1. The van der Waals surface area contributed by atoms with Gasteiger partial charge in [0.25, 0.3) is 0 Å². The van der Waals surface area contributed by atoms with Crippen molar-refractivity contribution < 1.29 is 4.79 Å². The maximum absolute atomic E-state index is 10.3.